The predicted octanol–water partition coefficient (Wildman–Crippen LogP) is 1.15. The fraction of sp³-hybridized carbons (Fsp3) is 0.833. The van der Waals surface area contributed by atoms with Crippen molar-refractivity contribution in [2.75, 3.05) is 20.2 Å². The first kappa shape index (κ1) is 16.2. The van der Waals surface area contributed by atoms with Crippen LogP contribution in [-0.4, -0.2) is 59.9 Å². The molecule has 0 radical (unpaired) electrons. The Balaban J connectivity index is 2.85. The summed E-state index contributed by atoms with van der Waals surface area (Å²) in [5, 5.41) is 3.92. The summed E-state index contributed by atoms with van der Waals surface area (Å²) in [5.41, 5.74) is -0.627. The number of rotatable bonds is 2. The number of amides is 1. The number of carbonyl (C=O) groups is 2. The van der Waals surface area contributed by atoms with E-state index in [2.05, 4.69) is 10.0 Å². The quantitative estimate of drug-likeness (QED) is 0.559. The number of ether oxygens (including phenoxy) is 2. The van der Waals surface area contributed by atoms with Crippen LogP contribution in [0.4, 0.5) is 4.79 Å². The van der Waals surface area contributed by atoms with E-state index in [9.17, 15) is 14.5 Å². The molecule has 0 unspecified atom stereocenters. The van der Waals surface area contributed by atoms with Gasteiger partial charge in [-0.1, -0.05) is 0 Å². The zero-order valence-corrected chi connectivity index (χ0v) is 12.5. The molecule has 1 heterocycles. The number of esters is 1. The molecule has 0 N–H and O–H groups in total. The lowest BCUT2D eigenvalue weighted by Gasteiger charge is -2.41. The molecule has 1 amide bonds. The van der Waals surface area contributed by atoms with Gasteiger partial charge in [0, 0.05) is 0 Å². The lowest BCUT2D eigenvalue weighted by atomic mass is 10.1. The average Bonchev–Trinajstić information content (AvgIpc) is 2.35. The maximum Gasteiger partial charge on any atom is 0.410 e. The molecule has 1 rings (SSSR count). The maximum absolute atomic E-state index is 12.1. The van der Waals surface area contributed by atoms with Gasteiger partial charge in [0.2, 0.25) is 0 Å². The number of methoxy groups -OCH3 is 1. The zero-order chi connectivity index (χ0) is 15.5. The van der Waals surface area contributed by atoms with Crippen LogP contribution < -0.4 is 0 Å². The van der Waals surface area contributed by atoms with E-state index in [1.807, 2.05) is 0 Å². The minimum Gasteiger partial charge on any atom is -0.467 e. The van der Waals surface area contributed by atoms with Crippen molar-refractivity contribution in [1.29, 1.82) is 0 Å². The van der Waals surface area contributed by atoms with Crippen molar-refractivity contribution in [3.63, 3.8) is 0 Å². The minimum absolute atomic E-state index is 0.00843. The summed E-state index contributed by atoms with van der Waals surface area (Å²) >= 11 is 0. The van der Waals surface area contributed by atoms with Gasteiger partial charge in [-0.15, -0.1) is 4.91 Å². The monoisotopic (exact) mass is 287 g/mol. The summed E-state index contributed by atoms with van der Waals surface area (Å²) < 4.78 is 9.91. The molecule has 1 aliphatic rings. The van der Waals surface area contributed by atoms with Gasteiger partial charge in [0.15, 0.2) is 6.04 Å². The Morgan fingerprint density at radius 1 is 1.25 bits per heavy atom. The Bertz CT molecular complexity index is 393. The Morgan fingerprint density at radius 3 is 2.30 bits per heavy atom. The summed E-state index contributed by atoms with van der Waals surface area (Å²) in [4.78, 5) is 35.9. The molecule has 0 bridgehead atoms. The van der Waals surface area contributed by atoms with Crippen LogP contribution in [0, 0.1) is 4.91 Å². The second-order valence-electron chi connectivity index (χ2n) is 5.72. The van der Waals surface area contributed by atoms with E-state index in [1.54, 1.807) is 27.7 Å². The highest BCUT2D eigenvalue weighted by Crippen LogP contribution is 2.20. The van der Waals surface area contributed by atoms with Crippen molar-refractivity contribution in [3.05, 3.63) is 4.91 Å². The van der Waals surface area contributed by atoms with Crippen LogP contribution in [0.1, 0.15) is 27.7 Å². The number of piperazine rings is 1. The van der Waals surface area contributed by atoms with Gasteiger partial charge in [0.1, 0.15) is 5.60 Å². The number of nitrogens with zero attached hydrogens (tertiary/aromatic N) is 3. The van der Waals surface area contributed by atoms with E-state index < -0.39 is 23.7 Å². The summed E-state index contributed by atoms with van der Waals surface area (Å²) in [7, 11) is 1.22. The van der Waals surface area contributed by atoms with E-state index in [1.165, 1.54) is 12.0 Å². The standard InChI is InChI=1S/C12H21N3O5/c1-8-6-15(13-18)9(10(16)19-5)7-14(8)11(17)20-12(2,3)4/h8-9H,6-7H2,1-5H3/t8-,9-/m1/s1. The molecule has 1 saturated heterocycles. The van der Waals surface area contributed by atoms with Crippen molar-refractivity contribution in [2.24, 2.45) is 5.29 Å². The molecular weight excluding hydrogens is 266 g/mol. The smallest absolute Gasteiger partial charge is 0.410 e. The first-order valence-electron chi connectivity index (χ1n) is 6.37. The first-order chi connectivity index (χ1) is 9.19. The third-order valence-corrected chi connectivity index (χ3v) is 2.92. The van der Waals surface area contributed by atoms with E-state index in [0.29, 0.717) is 0 Å². The summed E-state index contributed by atoms with van der Waals surface area (Å²) in [6.45, 7) is 7.20. The van der Waals surface area contributed by atoms with Crippen LogP contribution >= 0.6 is 0 Å². The van der Waals surface area contributed by atoms with Gasteiger partial charge in [0.25, 0.3) is 0 Å². The van der Waals surface area contributed by atoms with Crippen molar-refractivity contribution in [2.45, 2.75) is 45.4 Å². The van der Waals surface area contributed by atoms with E-state index >= 15 is 0 Å². The predicted molar refractivity (Wildman–Crippen MR) is 70.7 cm³/mol. The number of hydrogen-bond donors (Lipinski definition) is 0. The highest BCUT2D eigenvalue weighted by atomic mass is 16.6. The number of hydrogen-bond acceptors (Lipinski definition) is 6. The molecule has 0 aromatic carbocycles. The van der Waals surface area contributed by atoms with Crippen molar-refractivity contribution < 1.29 is 19.1 Å². The van der Waals surface area contributed by atoms with Gasteiger partial charge >= 0.3 is 12.1 Å². The summed E-state index contributed by atoms with van der Waals surface area (Å²) in [6.07, 6.45) is -0.524. The fourth-order valence-corrected chi connectivity index (χ4v) is 1.95. The molecule has 1 aliphatic heterocycles. The first-order valence-corrected chi connectivity index (χ1v) is 6.37. The Hall–Kier alpha value is -1.86. The maximum atomic E-state index is 12.1. The lowest BCUT2D eigenvalue weighted by Crippen LogP contribution is -2.60. The van der Waals surface area contributed by atoms with Crippen molar-refractivity contribution in [3.8, 4) is 0 Å². The molecule has 2 atom stereocenters. The van der Waals surface area contributed by atoms with Crippen LogP contribution in [0.25, 0.3) is 0 Å². The van der Waals surface area contributed by atoms with Gasteiger partial charge in [-0.25, -0.2) is 14.6 Å². The molecule has 8 nitrogen and oxygen atoms in total. The highest BCUT2D eigenvalue weighted by Gasteiger charge is 2.40. The molecule has 0 aliphatic carbocycles. The van der Waals surface area contributed by atoms with Gasteiger partial charge in [-0.05, 0) is 27.7 Å². The highest BCUT2D eigenvalue weighted by molar-refractivity contribution is 5.78. The minimum atomic E-state index is -0.902. The zero-order valence-electron chi connectivity index (χ0n) is 12.5. The van der Waals surface area contributed by atoms with E-state index in [-0.39, 0.29) is 19.1 Å². The molecule has 0 saturated carbocycles. The third kappa shape index (κ3) is 3.82. The normalized spacial score (nSPS) is 23.2. The van der Waals surface area contributed by atoms with Crippen LogP contribution in [-0.2, 0) is 14.3 Å². The average molecular weight is 287 g/mol. The number of nitroso groups, excluding NO2 is 1. The SMILES string of the molecule is COC(=O)[C@H]1CN(C(=O)OC(C)(C)C)[C@H](C)CN1N=O. The molecule has 0 aromatic rings. The van der Waals surface area contributed by atoms with Crippen molar-refractivity contribution >= 4 is 12.1 Å². The Morgan fingerprint density at radius 2 is 1.85 bits per heavy atom. The molecule has 20 heavy (non-hydrogen) atoms. The van der Waals surface area contributed by atoms with Crippen molar-refractivity contribution in [1.82, 2.24) is 9.91 Å². The third-order valence-electron chi connectivity index (χ3n) is 2.92. The summed E-state index contributed by atoms with van der Waals surface area (Å²) in [5.74, 6) is -0.606. The molecule has 0 aromatic heterocycles. The van der Waals surface area contributed by atoms with E-state index in [0.717, 1.165) is 5.01 Å². The second-order valence-corrected chi connectivity index (χ2v) is 5.72. The molecule has 8 heteroatoms. The number of carbonyl (C=O) groups excluding carboxylic acids is 2. The van der Waals surface area contributed by atoms with Crippen LogP contribution in [0.15, 0.2) is 5.29 Å². The van der Waals surface area contributed by atoms with Gasteiger partial charge in [-0.2, -0.15) is 0 Å². The van der Waals surface area contributed by atoms with Crippen LogP contribution in [0.5, 0.6) is 0 Å². The fourth-order valence-electron chi connectivity index (χ4n) is 1.95. The molecule has 0 spiro atoms. The Kier molecular flexibility index (Phi) is 4.91. The lowest BCUT2D eigenvalue weighted by molar-refractivity contribution is -0.150. The largest absolute Gasteiger partial charge is 0.467 e. The van der Waals surface area contributed by atoms with Crippen LogP contribution in [0.2, 0.25) is 0 Å². The molecule has 114 valence electrons. The molecule has 1 fully saturated rings. The van der Waals surface area contributed by atoms with E-state index in [4.69, 9.17) is 4.74 Å². The van der Waals surface area contributed by atoms with Gasteiger partial charge in [-0.3, -0.25) is 0 Å². The Labute approximate surface area is 117 Å². The topological polar surface area (TPSA) is 88.5 Å². The van der Waals surface area contributed by atoms with Gasteiger partial charge in [0.05, 0.1) is 31.5 Å². The van der Waals surface area contributed by atoms with Crippen LogP contribution in [0.3, 0.4) is 0 Å². The second kappa shape index (κ2) is 6.06. The summed E-state index contributed by atoms with van der Waals surface area (Å²) in [6, 6.07) is -1.19. The van der Waals surface area contributed by atoms with Gasteiger partial charge < -0.3 is 14.4 Å². The molecular formula is C12H21N3O5.